The topological polar surface area (TPSA) is 25.4 Å². The van der Waals surface area contributed by atoms with Gasteiger partial charge in [0.1, 0.15) is 0 Å². The molecule has 1 saturated carbocycles. The lowest BCUT2D eigenvalue weighted by molar-refractivity contribution is 0.284. The van der Waals surface area contributed by atoms with E-state index in [-0.39, 0.29) is 11.9 Å². The van der Waals surface area contributed by atoms with Gasteiger partial charge in [0.25, 0.3) is 5.95 Å². The SMILES string of the molecule is CN(C)c1ccnc(F)c1OC1CC1. The highest BCUT2D eigenvalue weighted by atomic mass is 19.1. The second-order valence-electron chi connectivity index (χ2n) is 3.66. The molecule has 0 aromatic carbocycles. The Morgan fingerprint density at radius 1 is 1.50 bits per heavy atom. The molecule has 1 aromatic heterocycles. The van der Waals surface area contributed by atoms with Crippen LogP contribution >= 0.6 is 0 Å². The monoisotopic (exact) mass is 196 g/mol. The Labute approximate surface area is 82.5 Å². The molecule has 0 unspecified atom stereocenters. The summed E-state index contributed by atoms with van der Waals surface area (Å²) >= 11 is 0. The van der Waals surface area contributed by atoms with Gasteiger partial charge in [-0.25, -0.2) is 4.98 Å². The predicted octanol–water partition coefficient (Wildman–Crippen LogP) is 1.83. The van der Waals surface area contributed by atoms with Gasteiger partial charge in [-0.2, -0.15) is 4.39 Å². The summed E-state index contributed by atoms with van der Waals surface area (Å²) in [4.78, 5) is 5.41. The van der Waals surface area contributed by atoms with Gasteiger partial charge in [0.05, 0.1) is 11.8 Å². The highest BCUT2D eigenvalue weighted by Crippen LogP contribution is 2.34. The molecular weight excluding hydrogens is 183 g/mol. The van der Waals surface area contributed by atoms with Crippen molar-refractivity contribution in [1.82, 2.24) is 4.98 Å². The van der Waals surface area contributed by atoms with E-state index in [0.717, 1.165) is 18.5 Å². The third-order valence-corrected chi connectivity index (χ3v) is 2.13. The molecule has 4 heteroatoms. The minimum Gasteiger partial charge on any atom is -0.484 e. The van der Waals surface area contributed by atoms with Gasteiger partial charge < -0.3 is 9.64 Å². The lowest BCUT2D eigenvalue weighted by Crippen LogP contribution is -2.12. The van der Waals surface area contributed by atoms with Crippen molar-refractivity contribution in [2.24, 2.45) is 0 Å². The maximum atomic E-state index is 13.3. The van der Waals surface area contributed by atoms with Crippen LogP contribution in [0, 0.1) is 5.95 Å². The third kappa shape index (κ3) is 1.78. The van der Waals surface area contributed by atoms with Gasteiger partial charge in [-0.1, -0.05) is 0 Å². The van der Waals surface area contributed by atoms with Crippen LogP contribution in [0.15, 0.2) is 12.3 Å². The zero-order valence-electron chi connectivity index (χ0n) is 8.33. The standard InChI is InChI=1S/C10H13FN2O/c1-13(2)8-5-6-12-10(11)9(8)14-7-3-4-7/h5-7H,3-4H2,1-2H3. The maximum absolute atomic E-state index is 13.3. The molecule has 0 amide bonds. The lowest BCUT2D eigenvalue weighted by Gasteiger charge is -2.17. The van der Waals surface area contributed by atoms with E-state index in [0.29, 0.717) is 0 Å². The fourth-order valence-electron chi connectivity index (χ4n) is 1.23. The number of nitrogens with zero attached hydrogens (tertiary/aromatic N) is 2. The number of halogens is 1. The fraction of sp³-hybridized carbons (Fsp3) is 0.500. The van der Waals surface area contributed by atoms with Crippen molar-refractivity contribution < 1.29 is 9.13 Å². The van der Waals surface area contributed by atoms with Gasteiger partial charge in [0.2, 0.25) is 0 Å². The minimum absolute atomic E-state index is 0.187. The van der Waals surface area contributed by atoms with Crippen molar-refractivity contribution >= 4 is 5.69 Å². The molecule has 1 aromatic rings. The number of aromatic nitrogens is 1. The molecule has 3 nitrogen and oxygen atoms in total. The number of anilines is 1. The Kier molecular flexibility index (Phi) is 2.27. The smallest absolute Gasteiger partial charge is 0.257 e. The van der Waals surface area contributed by atoms with Gasteiger partial charge >= 0.3 is 0 Å². The first kappa shape index (κ1) is 9.24. The molecule has 2 rings (SSSR count). The van der Waals surface area contributed by atoms with E-state index in [1.807, 2.05) is 19.0 Å². The van der Waals surface area contributed by atoms with E-state index in [9.17, 15) is 4.39 Å². The van der Waals surface area contributed by atoms with Gasteiger partial charge in [-0.15, -0.1) is 0 Å². The molecule has 1 aliphatic rings. The highest BCUT2D eigenvalue weighted by molar-refractivity contribution is 5.56. The van der Waals surface area contributed by atoms with Gasteiger partial charge in [0.15, 0.2) is 5.75 Å². The summed E-state index contributed by atoms with van der Waals surface area (Å²) in [5, 5.41) is 0. The Balaban J connectivity index is 2.31. The van der Waals surface area contributed by atoms with Crippen LogP contribution in [0.25, 0.3) is 0 Å². The molecule has 14 heavy (non-hydrogen) atoms. The molecule has 0 spiro atoms. The quantitative estimate of drug-likeness (QED) is 0.689. The highest BCUT2D eigenvalue weighted by Gasteiger charge is 2.26. The van der Waals surface area contributed by atoms with Crippen LogP contribution in [-0.2, 0) is 0 Å². The molecule has 1 heterocycles. The summed E-state index contributed by atoms with van der Waals surface area (Å²) in [6.07, 6.45) is 3.67. The van der Waals surface area contributed by atoms with Crippen molar-refractivity contribution in [3.8, 4) is 5.75 Å². The molecule has 0 saturated heterocycles. The van der Waals surface area contributed by atoms with Gasteiger partial charge in [0, 0.05) is 20.3 Å². The molecule has 0 N–H and O–H groups in total. The first-order valence-corrected chi connectivity index (χ1v) is 4.67. The Morgan fingerprint density at radius 3 is 2.79 bits per heavy atom. The van der Waals surface area contributed by atoms with Crippen LogP contribution in [0.4, 0.5) is 10.1 Å². The van der Waals surface area contributed by atoms with Crippen LogP contribution in [0.1, 0.15) is 12.8 Å². The number of pyridine rings is 1. The average Bonchev–Trinajstić information content (AvgIpc) is 2.91. The predicted molar refractivity (Wildman–Crippen MR) is 52.2 cm³/mol. The summed E-state index contributed by atoms with van der Waals surface area (Å²) in [7, 11) is 3.71. The molecular formula is C10H13FN2O. The van der Waals surface area contributed by atoms with E-state index < -0.39 is 5.95 Å². The van der Waals surface area contributed by atoms with Gasteiger partial charge in [-0.05, 0) is 18.9 Å². The third-order valence-electron chi connectivity index (χ3n) is 2.13. The molecule has 1 aliphatic carbocycles. The second kappa shape index (κ2) is 3.44. The van der Waals surface area contributed by atoms with Crippen molar-refractivity contribution in [3.05, 3.63) is 18.2 Å². The van der Waals surface area contributed by atoms with E-state index in [1.54, 1.807) is 6.07 Å². The van der Waals surface area contributed by atoms with Crippen LogP contribution in [-0.4, -0.2) is 25.2 Å². The maximum Gasteiger partial charge on any atom is 0.257 e. The van der Waals surface area contributed by atoms with E-state index in [4.69, 9.17) is 4.74 Å². The van der Waals surface area contributed by atoms with Crippen molar-refractivity contribution in [3.63, 3.8) is 0 Å². The zero-order valence-corrected chi connectivity index (χ0v) is 8.33. The van der Waals surface area contributed by atoms with Crippen LogP contribution < -0.4 is 9.64 Å². The van der Waals surface area contributed by atoms with Gasteiger partial charge in [-0.3, -0.25) is 0 Å². The van der Waals surface area contributed by atoms with Crippen LogP contribution in [0.5, 0.6) is 5.75 Å². The summed E-state index contributed by atoms with van der Waals surface area (Å²) in [5.41, 5.74) is 0.740. The fourth-order valence-corrected chi connectivity index (χ4v) is 1.23. The summed E-state index contributed by atoms with van der Waals surface area (Å²) in [6.45, 7) is 0. The van der Waals surface area contributed by atoms with Crippen molar-refractivity contribution in [2.45, 2.75) is 18.9 Å². The molecule has 0 aliphatic heterocycles. The number of hydrogen-bond donors (Lipinski definition) is 0. The number of ether oxygens (including phenoxy) is 1. The Hall–Kier alpha value is -1.32. The first-order chi connectivity index (χ1) is 6.68. The Morgan fingerprint density at radius 2 is 2.21 bits per heavy atom. The van der Waals surface area contributed by atoms with Crippen molar-refractivity contribution in [1.29, 1.82) is 0 Å². The van der Waals surface area contributed by atoms with E-state index in [2.05, 4.69) is 4.98 Å². The van der Waals surface area contributed by atoms with E-state index >= 15 is 0 Å². The van der Waals surface area contributed by atoms with Crippen LogP contribution in [0.3, 0.4) is 0 Å². The minimum atomic E-state index is -0.525. The summed E-state index contributed by atoms with van der Waals surface area (Å²) < 4.78 is 18.8. The van der Waals surface area contributed by atoms with Crippen molar-refractivity contribution in [2.75, 3.05) is 19.0 Å². The largest absolute Gasteiger partial charge is 0.484 e. The molecule has 1 fully saturated rings. The second-order valence-corrected chi connectivity index (χ2v) is 3.66. The Bertz CT molecular complexity index is 337. The molecule has 0 radical (unpaired) electrons. The number of hydrogen-bond acceptors (Lipinski definition) is 3. The zero-order chi connectivity index (χ0) is 10.1. The summed E-state index contributed by atoms with van der Waals surface area (Å²) in [6, 6.07) is 1.75. The molecule has 76 valence electrons. The van der Waals surface area contributed by atoms with E-state index in [1.165, 1.54) is 6.20 Å². The number of rotatable bonds is 3. The summed E-state index contributed by atoms with van der Waals surface area (Å²) in [5.74, 6) is -0.247. The average molecular weight is 196 g/mol. The molecule has 0 atom stereocenters. The molecule has 0 bridgehead atoms. The van der Waals surface area contributed by atoms with Crippen LogP contribution in [0.2, 0.25) is 0 Å². The first-order valence-electron chi connectivity index (χ1n) is 4.67. The lowest BCUT2D eigenvalue weighted by atomic mass is 10.3. The normalized spacial score (nSPS) is 15.4.